The van der Waals surface area contributed by atoms with E-state index in [4.69, 9.17) is 9.47 Å². The van der Waals surface area contributed by atoms with Crippen LogP contribution in [0.1, 0.15) is 51.7 Å². The smallest absolute Gasteiger partial charge is 0.333 e. The maximum Gasteiger partial charge on any atom is 0.333 e. The number of rotatable bonds is 10. The van der Waals surface area contributed by atoms with E-state index in [-0.39, 0.29) is 0 Å². The Bertz CT molecular complexity index is 1560. The summed E-state index contributed by atoms with van der Waals surface area (Å²) in [5.74, 6) is -0.842. The minimum Gasteiger partial charge on any atom is -0.459 e. The summed E-state index contributed by atoms with van der Waals surface area (Å²) in [5.41, 5.74) is 8.98. The molecule has 0 saturated carbocycles. The van der Waals surface area contributed by atoms with Gasteiger partial charge < -0.3 is 9.47 Å². The van der Waals surface area contributed by atoms with Crippen molar-refractivity contribution >= 4 is 11.9 Å². The topological polar surface area (TPSA) is 52.6 Å². The summed E-state index contributed by atoms with van der Waals surface area (Å²) in [6.07, 6.45) is 0.0444. The first kappa shape index (κ1) is 29.8. The zero-order chi connectivity index (χ0) is 30.7. The Labute approximate surface area is 254 Å². The van der Waals surface area contributed by atoms with E-state index in [9.17, 15) is 9.59 Å². The molecule has 4 nitrogen and oxygen atoms in total. The third kappa shape index (κ3) is 5.83. The molecule has 5 rings (SSSR count). The van der Waals surface area contributed by atoms with Crippen molar-refractivity contribution in [2.45, 2.75) is 58.2 Å². The molecule has 2 unspecified atom stereocenters. The van der Waals surface area contributed by atoms with Gasteiger partial charge in [0.25, 0.3) is 0 Å². The molecule has 0 saturated heterocycles. The fraction of sp³-hybridized carbons (Fsp3) is 0.231. The van der Waals surface area contributed by atoms with Crippen LogP contribution in [0.3, 0.4) is 0 Å². The lowest BCUT2D eigenvalue weighted by Gasteiger charge is -2.38. The standard InChI is InChI=1S/C39H38O4/c1-25(2)37(40)42-27(5)23-39(24-28(6)43-38(41)26(3)4)35-31(29-15-9-7-10-16-29)19-13-21-33(35)34-22-14-20-32(36(34)39)30-17-11-8-12-18-30/h7-22,27-28H,1,3,23-24H2,2,4-6H3. The molecular formula is C39H38O4. The molecule has 0 aromatic heterocycles. The summed E-state index contributed by atoms with van der Waals surface area (Å²) in [6.45, 7) is 14.8. The molecular weight excluding hydrogens is 532 g/mol. The van der Waals surface area contributed by atoms with E-state index in [0.717, 1.165) is 44.5 Å². The van der Waals surface area contributed by atoms with Gasteiger partial charge in [-0.1, -0.05) is 110 Å². The Kier molecular flexibility index (Phi) is 8.50. The normalized spacial score (nSPS) is 14.1. The first-order valence-electron chi connectivity index (χ1n) is 14.7. The molecule has 0 radical (unpaired) electrons. The Hall–Kier alpha value is -4.70. The first-order valence-corrected chi connectivity index (χ1v) is 14.7. The van der Waals surface area contributed by atoms with E-state index in [2.05, 4.69) is 73.8 Å². The molecule has 4 aromatic rings. The van der Waals surface area contributed by atoms with Crippen LogP contribution in [0.4, 0.5) is 0 Å². The van der Waals surface area contributed by atoms with Gasteiger partial charge in [0.05, 0.1) is 0 Å². The number of carbonyl (C=O) groups excluding carboxylic acids is 2. The van der Waals surface area contributed by atoms with Crippen LogP contribution in [0.5, 0.6) is 0 Å². The Morgan fingerprint density at radius 3 is 1.28 bits per heavy atom. The molecule has 0 aliphatic heterocycles. The predicted octanol–water partition coefficient (Wildman–Crippen LogP) is 9.08. The molecule has 1 aliphatic carbocycles. The lowest BCUT2D eigenvalue weighted by atomic mass is 9.67. The molecule has 4 aromatic carbocycles. The predicted molar refractivity (Wildman–Crippen MR) is 173 cm³/mol. The van der Waals surface area contributed by atoms with Crippen molar-refractivity contribution in [3.8, 4) is 33.4 Å². The second-order valence-corrected chi connectivity index (χ2v) is 11.7. The van der Waals surface area contributed by atoms with Gasteiger partial charge in [-0.25, -0.2) is 9.59 Å². The molecule has 4 heteroatoms. The van der Waals surface area contributed by atoms with Gasteiger partial charge in [-0.05, 0) is 85.0 Å². The quantitative estimate of drug-likeness (QED) is 0.141. The van der Waals surface area contributed by atoms with Crippen LogP contribution in [0.15, 0.2) is 121 Å². The van der Waals surface area contributed by atoms with Gasteiger partial charge in [-0.2, -0.15) is 0 Å². The van der Waals surface area contributed by atoms with E-state index >= 15 is 0 Å². The van der Waals surface area contributed by atoms with Crippen LogP contribution < -0.4 is 0 Å². The number of ether oxygens (including phenoxy) is 2. The van der Waals surface area contributed by atoms with Crippen molar-refractivity contribution in [3.05, 3.63) is 132 Å². The highest BCUT2D eigenvalue weighted by atomic mass is 16.5. The molecule has 0 N–H and O–H groups in total. The minimum absolute atomic E-state index is 0.354. The van der Waals surface area contributed by atoms with Gasteiger partial charge in [-0.3, -0.25) is 0 Å². The fourth-order valence-corrected chi connectivity index (χ4v) is 6.55. The number of carbonyl (C=O) groups is 2. The minimum atomic E-state index is -0.674. The van der Waals surface area contributed by atoms with Crippen molar-refractivity contribution < 1.29 is 19.1 Å². The van der Waals surface area contributed by atoms with Crippen LogP contribution in [0.2, 0.25) is 0 Å². The van der Waals surface area contributed by atoms with Gasteiger partial charge in [0.1, 0.15) is 12.2 Å². The van der Waals surface area contributed by atoms with Crippen LogP contribution in [-0.2, 0) is 24.5 Å². The lowest BCUT2D eigenvalue weighted by Crippen LogP contribution is -2.37. The summed E-state index contributed by atoms with van der Waals surface area (Å²) in [5, 5.41) is 0. The molecule has 2 atom stereocenters. The fourth-order valence-electron chi connectivity index (χ4n) is 6.55. The number of esters is 2. The zero-order valence-corrected chi connectivity index (χ0v) is 25.4. The molecule has 43 heavy (non-hydrogen) atoms. The third-order valence-electron chi connectivity index (χ3n) is 8.13. The van der Waals surface area contributed by atoms with Gasteiger partial charge >= 0.3 is 11.9 Å². The van der Waals surface area contributed by atoms with Crippen molar-refractivity contribution in [1.82, 2.24) is 0 Å². The summed E-state index contributed by atoms with van der Waals surface area (Å²) < 4.78 is 11.9. The number of benzene rings is 4. The number of hydrogen-bond acceptors (Lipinski definition) is 4. The van der Waals surface area contributed by atoms with E-state index < -0.39 is 29.6 Å². The highest BCUT2D eigenvalue weighted by Crippen LogP contribution is 2.59. The molecule has 0 spiro atoms. The van der Waals surface area contributed by atoms with Crippen LogP contribution in [-0.4, -0.2) is 24.1 Å². The molecule has 218 valence electrons. The van der Waals surface area contributed by atoms with Gasteiger partial charge in [0.15, 0.2) is 0 Å². The van der Waals surface area contributed by atoms with Crippen molar-refractivity contribution in [3.63, 3.8) is 0 Å². The second kappa shape index (κ2) is 12.3. The summed E-state index contributed by atoms with van der Waals surface area (Å²) in [4.78, 5) is 25.5. The molecule has 0 heterocycles. The monoisotopic (exact) mass is 570 g/mol. The Morgan fingerprint density at radius 1 is 0.581 bits per heavy atom. The highest BCUT2D eigenvalue weighted by Gasteiger charge is 2.49. The van der Waals surface area contributed by atoms with Crippen LogP contribution >= 0.6 is 0 Å². The molecule has 1 aliphatic rings. The maximum absolute atomic E-state index is 12.7. The summed E-state index contributed by atoms with van der Waals surface area (Å²) >= 11 is 0. The third-order valence-corrected chi connectivity index (χ3v) is 8.13. The van der Waals surface area contributed by atoms with Gasteiger partial charge in [0, 0.05) is 16.6 Å². The largest absolute Gasteiger partial charge is 0.459 e. The van der Waals surface area contributed by atoms with E-state index in [0.29, 0.717) is 24.0 Å². The average molecular weight is 571 g/mol. The average Bonchev–Trinajstić information content (AvgIpc) is 3.27. The van der Waals surface area contributed by atoms with Gasteiger partial charge in [0.2, 0.25) is 0 Å². The SMILES string of the molecule is C=C(C)C(=O)OC(C)CC1(CC(C)OC(=O)C(=C)C)c2c(-c3ccccc3)cccc2-c2cccc(-c3ccccc3)c21. The van der Waals surface area contributed by atoms with E-state index in [1.165, 1.54) is 0 Å². The van der Waals surface area contributed by atoms with Crippen LogP contribution in [0.25, 0.3) is 33.4 Å². The second-order valence-electron chi connectivity index (χ2n) is 11.7. The Morgan fingerprint density at radius 2 is 0.930 bits per heavy atom. The molecule has 0 fully saturated rings. The highest BCUT2D eigenvalue weighted by molar-refractivity contribution is 5.93. The van der Waals surface area contributed by atoms with Crippen molar-refractivity contribution in [2.24, 2.45) is 0 Å². The lowest BCUT2D eigenvalue weighted by molar-refractivity contribution is -0.144. The Balaban J connectivity index is 1.81. The maximum atomic E-state index is 12.7. The number of fused-ring (bicyclic) bond motifs is 3. The molecule has 0 amide bonds. The summed E-state index contributed by atoms with van der Waals surface area (Å²) in [7, 11) is 0. The van der Waals surface area contributed by atoms with Crippen molar-refractivity contribution in [2.75, 3.05) is 0 Å². The van der Waals surface area contributed by atoms with Gasteiger partial charge in [-0.15, -0.1) is 0 Å². The van der Waals surface area contributed by atoms with E-state index in [1.54, 1.807) is 13.8 Å². The first-order chi connectivity index (χ1) is 20.6. The summed E-state index contributed by atoms with van der Waals surface area (Å²) in [6, 6.07) is 33.6. The van der Waals surface area contributed by atoms with Crippen LogP contribution in [0, 0.1) is 0 Å². The molecule has 0 bridgehead atoms. The zero-order valence-electron chi connectivity index (χ0n) is 25.4. The van der Waals surface area contributed by atoms with E-state index in [1.807, 2.05) is 50.2 Å². The number of hydrogen-bond donors (Lipinski definition) is 0. The van der Waals surface area contributed by atoms with Crippen molar-refractivity contribution in [1.29, 1.82) is 0 Å².